The Hall–Kier alpha value is -0.190. The summed E-state index contributed by atoms with van der Waals surface area (Å²) in [5.41, 5.74) is 0. The van der Waals surface area contributed by atoms with Gasteiger partial charge in [0.05, 0.1) is 6.10 Å². The molecular formula is C5H11NO2S. The molecule has 1 atom stereocenters. The van der Waals surface area contributed by atoms with Gasteiger partial charge in [0.15, 0.2) is 5.09 Å². The van der Waals surface area contributed by atoms with Crippen LogP contribution in [0.5, 0.6) is 0 Å². The summed E-state index contributed by atoms with van der Waals surface area (Å²) >= 11 is 3.78. The highest BCUT2D eigenvalue weighted by Gasteiger charge is 1.96. The molecule has 0 rings (SSSR count). The standard InChI is InChI=1S/C5H11NO2S/c1-2-4(7)3-5(9)8-6/h3-4,7,9H,2,6H2,1H3/b5-3+. The lowest BCUT2D eigenvalue weighted by Crippen LogP contribution is -2.02. The molecule has 0 saturated carbocycles. The van der Waals surface area contributed by atoms with Crippen LogP contribution in [0.3, 0.4) is 0 Å². The highest BCUT2D eigenvalue weighted by atomic mass is 32.1. The van der Waals surface area contributed by atoms with E-state index in [1.807, 2.05) is 6.92 Å². The van der Waals surface area contributed by atoms with E-state index in [4.69, 9.17) is 11.0 Å². The molecule has 0 aliphatic rings. The molecule has 4 heteroatoms. The first-order valence-corrected chi connectivity index (χ1v) is 3.11. The second-order valence-electron chi connectivity index (χ2n) is 1.60. The van der Waals surface area contributed by atoms with Crippen LogP contribution < -0.4 is 5.90 Å². The molecule has 0 saturated heterocycles. The Kier molecular flexibility index (Phi) is 4.57. The van der Waals surface area contributed by atoms with Gasteiger partial charge in [0, 0.05) is 0 Å². The third kappa shape index (κ3) is 4.32. The van der Waals surface area contributed by atoms with Crippen molar-refractivity contribution in [2.24, 2.45) is 5.90 Å². The molecule has 9 heavy (non-hydrogen) atoms. The third-order valence-corrected chi connectivity index (χ3v) is 1.13. The van der Waals surface area contributed by atoms with Gasteiger partial charge in [-0.05, 0) is 12.5 Å². The van der Waals surface area contributed by atoms with E-state index in [0.717, 1.165) is 0 Å². The third-order valence-electron chi connectivity index (χ3n) is 0.874. The lowest BCUT2D eigenvalue weighted by atomic mass is 10.3. The first-order valence-electron chi connectivity index (χ1n) is 2.66. The quantitative estimate of drug-likeness (QED) is 0.309. The van der Waals surface area contributed by atoms with Crippen LogP contribution in [0.15, 0.2) is 11.2 Å². The summed E-state index contributed by atoms with van der Waals surface area (Å²) in [6.07, 6.45) is 1.55. The molecule has 0 fully saturated rings. The monoisotopic (exact) mass is 149 g/mol. The molecule has 0 aliphatic carbocycles. The largest absolute Gasteiger partial charge is 0.405 e. The van der Waals surface area contributed by atoms with Crippen molar-refractivity contribution in [2.45, 2.75) is 19.4 Å². The Morgan fingerprint density at radius 2 is 2.56 bits per heavy atom. The van der Waals surface area contributed by atoms with E-state index < -0.39 is 6.10 Å². The van der Waals surface area contributed by atoms with Gasteiger partial charge in [0.2, 0.25) is 0 Å². The van der Waals surface area contributed by atoms with Crippen molar-refractivity contribution < 1.29 is 9.94 Å². The van der Waals surface area contributed by atoms with Crippen molar-refractivity contribution in [1.29, 1.82) is 0 Å². The minimum Gasteiger partial charge on any atom is -0.405 e. The van der Waals surface area contributed by atoms with Crippen LogP contribution >= 0.6 is 12.6 Å². The number of thiol groups is 1. The fourth-order valence-electron chi connectivity index (χ4n) is 0.322. The zero-order chi connectivity index (χ0) is 7.28. The van der Waals surface area contributed by atoms with Gasteiger partial charge in [-0.15, -0.1) is 12.6 Å². The minimum atomic E-state index is -0.513. The normalized spacial score (nSPS) is 15.3. The maximum Gasteiger partial charge on any atom is 0.175 e. The molecule has 0 aromatic heterocycles. The maximum atomic E-state index is 8.90. The van der Waals surface area contributed by atoms with Gasteiger partial charge in [0.1, 0.15) is 0 Å². The summed E-state index contributed by atoms with van der Waals surface area (Å²) in [4.78, 5) is 4.19. The molecule has 0 amide bonds. The van der Waals surface area contributed by atoms with E-state index in [-0.39, 0.29) is 5.09 Å². The van der Waals surface area contributed by atoms with Gasteiger partial charge >= 0.3 is 0 Å². The first kappa shape index (κ1) is 8.81. The zero-order valence-corrected chi connectivity index (χ0v) is 6.14. The summed E-state index contributed by atoms with van der Waals surface area (Å²) in [6.45, 7) is 1.85. The minimum absolute atomic E-state index is 0.240. The van der Waals surface area contributed by atoms with Crippen molar-refractivity contribution in [2.75, 3.05) is 0 Å². The summed E-state index contributed by atoms with van der Waals surface area (Å²) in [7, 11) is 0. The molecule has 0 aliphatic heterocycles. The number of aliphatic hydroxyl groups excluding tert-OH is 1. The van der Waals surface area contributed by atoms with E-state index in [0.29, 0.717) is 6.42 Å². The average Bonchev–Trinajstić information content (AvgIpc) is 1.87. The van der Waals surface area contributed by atoms with Crippen molar-refractivity contribution in [3.8, 4) is 0 Å². The summed E-state index contributed by atoms with van der Waals surface area (Å²) in [5.74, 6) is 4.72. The number of hydrogen-bond acceptors (Lipinski definition) is 4. The first-order chi connectivity index (χ1) is 4.20. The van der Waals surface area contributed by atoms with Crippen LogP contribution in [0.1, 0.15) is 13.3 Å². The molecule has 1 unspecified atom stereocenters. The second-order valence-corrected chi connectivity index (χ2v) is 2.04. The zero-order valence-electron chi connectivity index (χ0n) is 5.24. The average molecular weight is 149 g/mol. The van der Waals surface area contributed by atoms with E-state index in [1.165, 1.54) is 6.08 Å². The predicted molar refractivity (Wildman–Crippen MR) is 38.6 cm³/mol. The highest BCUT2D eigenvalue weighted by Crippen LogP contribution is 2.02. The molecule has 3 N–H and O–H groups in total. The molecule has 0 bridgehead atoms. The Morgan fingerprint density at radius 1 is 2.00 bits per heavy atom. The predicted octanol–water partition coefficient (Wildman–Crippen LogP) is 0.419. The number of hydrogen-bond donors (Lipinski definition) is 3. The molecule has 54 valence electrons. The fraction of sp³-hybridized carbons (Fsp3) is 0.600. The van der Waals surface area contributed by atoms with Gasteiger partial charge in [-0.3, -0.25) is 0 Å². The summed E-state index contributed by atoms with van der Waals surface area (Å²) in [5, 5.41) is 9.14. The highest BCUT2D eigenvalue weighted by molar-refractivity contribution is 7.84. The molecule has 0 aromatic carbocycles. The van der Waals surface area contributed by atoms with Crippen molar-refractivity contribution in [1.82, 2.24) is 0 Å². The van der Waals surface area contributed by atoms with Crippen LogP contribution in [0, 0.1) is 0 Å². The van der Waals surface area contributed by atoms with Crippen molar-refractivity contribution in [3.05, 3.63) is 11.2 Å². The second kappa shape index (κ2) is 4.67. The number of nitrogens with two attached hydrogens (primary N) is 1. The lowest BCUT2D eigenvalue weighted by Gasteiger charge is -2.00. The Morgan fingerprint density at radius 3 is 2.89 bits per heavy atom. The van der Waals surface area contributed by atoms with Gasteiger partial charge in [-0.1, -0.05) is 6.92 Å². The Bertz CT molecular complexity index is 105. The summed E-state index contributed by atoms with van der Waals surface area (Å²) in [6, 6.07) is 0. The van der Waals surface area contributed by atoms with Gasteiger partial charge in [0.25, 0.3) is 0 Å². The van der Waals surface area contributed by atoms with E-state index >= 15 is 0 Å². The van der Waals surface area contributed by atoms with Crippen LogP contribution in [0.25, 0.3) is 0 Å². The van der Waals surface area contributed by atoms with Crippen molar-refractivity contribution in [3.63, 3.8) is 0 Å². The van der Waals surface area contributed by atoms with Crippen LogP contribution in [-0.4, -0.2) is 11.2 Å². The SMILES string of the molecule is CCC(O)/C=C(/S)ON. The maximum absolute atomic E-state index is 8.90. The van der Waals surface area contributed by atoms with Crippen LogP contribution in [0.2, 0.25) is 0 Å². The van der Waals surface area contributed by atoms with Gasteiger partial charge < -0.3 is 9.94 Å². The fourth-order valence-corrected chi connectivity index (χ4v) is 0.494. The Labute approximate surface area is 59.9 Å². The number of rotatable bonds is 3. The molecule has 0 heterocycles. The topological polar surface area (TPSA) is 55.5 Å². The molecule has 0 spiro atoms. The molecule has 0 aromatic rings. The van der Waals surface area contributed by atoms with Crippen LogP contribution in [0.4, 0.5) is 0 Å². The van der Waals surface area contributed by atoms with Gasteiger partial charge in [-0.2, -0.15) is 5.90 Å². The Balaban J connectivity index is 3.64. The molecular weight excluding hydrogens is 138 g/mol. The van der Waals surface area contributed by atoms with E-state index in [1.54, 1.807) is 0 Å². The van der Waals surface area contributed by atoms with Gasteiger partial charge in [-0.25, -0.2) is 0 Å². The number of aliphatic hydroxyl groups is 1. The molecule has 3 nitrogen and oxygen atoms in total. The lowest BCUT2D eigenvalue weighted by molar-refractivity contribution is 0.202. The van der Waals surface area contributed by atoms with Crippen molar-refractivity contribution >= 4 is 12.6 Å². The summed E-state index contributed by atoms with van der Waals surface area (Å²) < 4.78 is 0. The smallest absolute Gasteiger partial charge is 0.175 e. The van der Waals surface area contributed by atoms with E-state index in [9.17, 15) is 0 Å². The van der Waals surface area contributed by atoms with Crippen LogP contribution in [-0.2, 0) is 4.84 Å². The molecule has 0 radical (unpaired) electrons. The van der Waals surface area contributed by atoms with E-state index in [2.05, 4.69) is 17.5 Å².